The van der Waals surface area contributed by atoms with Crippen LogP contribution in [0, 0.1) is 5.82 Å². The molecule has 32 heavy (non-hydrogen) atoms. The summed E-state index contributed by atoms with van der Waals surface area (Å²) in [5.74, 6) is 0.0315. The topological polar surface area (TPSA) is 67.2 Å². The Morgan fingerprint density at radius 2 is 1.94 bits per heavy atom. The Morgan fingerprint density at radius 3 is 2.69 bits per heavy atom. The van der Waals surface area contributed by atoms with E-state index in [9.17, 15) is 4.39 Å². The van der Waals surface area contributed by atoms with Crippen LogP contribution in [0.4, 0.5) is 10.2 Å². The fourth-order valence-corrected chi connectivity index (χ4v) is 4.38. The number of H-pyrrole nitrogens is 1. The molecule has 2 heterocycles. The predicted octanol–water partition coefficient (Wildman–Crippen LogP) is 6.46. The van der Waals surface area contributed by atoms with Crippen molar-refractivity contribution in [1.29, 1.82) is 0 Å². The van der Waals surface area contributed by atoms with Crippen LogP contribution in [0.25, 0.3) is 22.0 Å². The van der Waals surface area contributed by atoms with E-state index in [0.29, 0.717) is 16.3 Å². The number of rotatable bonds is 6. The second-order valence-electron chi connectivity index (χ2n) is 7.94. The van der Waals surface area contributed by atoms with Gasteiger partial charge in [0.25, 0.3) is 0 Å². The fraction of sp³-hybridized carbons (Fsp3) is 0.208. The molecule has 2 aromatic carbocycles. The van der Waals surface area contributed by atoms with E-state index in [-0.39, 0.29) is 10.8 Å². The SMILES string of the molecule is CC(Oc1cc(-c2ccc3[nH]cc(CN(C)C)c3c2)cnc1N)c1c(Cl)ccc(F)c1Cl. The minimum atomic E-state index is -0.635. The summed E-state index contributed by atoms with van der Waals surface area (Å²) in [5.41, 5.74) is 10.5. The van der Waals surface area contributed by atoms with Crippen LogP contribution in [0.5, 0.6) is 5.75 Å². The van der Waals surface area contributed by atoms with Crippen LogP contribution in [-0.4, -0.2) is 29.0 Å². The van der Waals surface area contributed by atoms with Crippen molar-refractivity contribution in [2.75, 3.05) is 19.8 Å². The van der Waals surface area contributed by atoms with Gasteiger partial charge in [-0.1, -0.05) is 29.3 Å². The van der Waals surface area contributed by atoms with Crippen LogP contribution in [0.1, 0.15) is 24.2 Å². The largest absolute Gasteiger partial charge is 0.482 e. The maximum atomic E-state index is 13.9. The molecule has 0 radical (unpaired) electrons. The number of benzene rings is 2. The Morgan fingerprint density at radius 1 is 1.16 bits per heavy atom. The third kappa shape index (κ3) is 4.39. The first-order chi connectivity index (χ1) is 15.2. The quantitative estimate of drug-likeness (QED) is 0.316. The van der Waals surface area contributed by atoms with Crippen molar-refractivity contribution in [2.45, 2.75) is 19.6 Å². The average Bonchev–Trinajstić information content (AvgIpc) is 3.14. The van der Waals surface area contributed by atoms with Crippen molar-refractivity contribution in [3.8, 4) is 16.9 Å². The summed E-state index contributed by atoms with van der Waals surface area (Å²) in [4.78, 5) is 9.73. The standard InChI is InChI=1S/C24H23Cl2FN4O/c1-13(22-18(25)5-6-19(27)23(22)26)32-21-9-15(10-30-24(21)28)14-4-7-20-17(8-14)16(11-29-20)12-31(2)3/h4-11,13,29H,12H2,1-3H3,(H2,28,30). The summed E-state index contributed by atoms with van der Waals surface area (Å²) >= 11 is 12.4. The summed E-state index contributed by atoms with van der Waals surface area (Å²) in [6.07, 6.45) is 3.09. The van der Waals surface area contributed by atoms with Crippen LogP contribution in [0.2, 0.25) is 10.0 Å². The summed E-state index contributed by atoms with van der Waals surface area (Å²) < 4.78 is 20.0. The van der Waals surface area contributed by atoms with Gasteiger partial charge in [-0.05, 0) is 62.5 Å². The molecule has 0 fully saturated rings. The Hall–Kier alpha value is -2.80. The van der Waals surface area contributed by atoms with Gasteiger partial charge in [0.15, 0.2) is 11.6 Å². The van der Waals surface area contributed by atoms with Crippen molar-refractivity contribution in [1.82, 2.24) is 14.9 Å². The second-order valence-corrected chi connectivity index (χ2v) is 8.72. The second kappa shape index (κ2) is 8.98. The maximum absolute atomic E-state index is 13.9. The first kappa shape index (κ1) is 22.4. The van der Waals surface area contributed by atoms with Crippen LogP contribution in [-0.2, 0) is 6.54 Å². The summed E-state index contributed by atoms with van der Waals surface area (Å²) in [6, 6.07) is 10.7. The van der Waals surface area contributed by atoms with Gasteiger partial charge < -0.3 is 20.4 Å². The van der Waals surface area contributed by atoms with Gasteiger partial charge in [-0.3, -0.25) is 0 Å². The Labute approximate surface area is 195 Å². The number of fused-ring (bicyclic) bond motifs is 1. The molecule has 0 aliphatic carbocycles. The Balaban J connectivity index is 1.68. The molecule has 3 N–H and O–H groups in total. The molecule has 0 aliphatic heterocycles. The Bertz CT molecular complexity index is 1290. The van der Waals surface area contributed by atoms with E-state index in [2.05, 4.69) is 20.9 Å². The molecule has 0 amide bonds. The van der Waals surface area contributed by atoms with E-state index >= 15 is 0 Å². The number of pyridine rings is 1. The smallest absolute Gasteiger partial charge is 0.166 e. The van der Waals surface area contributed by atoms with Gasteiger partial charge in [-0.25, -0.2) is 9.37 Å². The number of anilines is 1. The number of nitrogens with one attached hydrogen (secondary N) is 1. The lowest BCUT2D eigenvalue weighted by molar-refractivity contribution is 0.227. The highest BCUT2D eigenvalue weighted by molar-refractivity contribution is 6.36. The number of aromatic nitrogens is 2. The van der Waals surface area contributed by atoms with Gasteiger partial charge in [0.2, 0.25) is 0 Å². The molecular formula is C24H23Cl2FN4O. The number of hydrogen-bond donors (Lipinski definition) is 2. The fourth-order valence-electron chi connectivity index (χ4n) is 3.70. The van der Waals surface area contributed by atoms with E-state index in [0.717, 1.165) is 28.6 Å². The zero-order chi connectivity index (χ0) is 23.0. The monoisotopic (exact) mass is 472 g/mol. The van der Waals surface area contributed by atoms with Gasteiger partial charge >= 0.3 is 0 Å². The van der Waals surface area contributed by atoms with Gasteiger partial charge in [-0.15, -0.1) is 0 Å². The highest BCUT2D eigenvalue weighted by Crippen LogP contribution is 2.37. The first-order valence-electron chi connectivity index (χ1n) is 10.0. The average molecular weight is 473 g/mol. The number of ether oxygens (including phenoxy) is 1. The molecule has 1 atom stereocenters. The van der Waals surface area contributed by atoms with Gasteiger partial charge in [0, 0.05) is 46.0 Å². The highest BCUT2D eigenvalue weighted by Gasteiger charge is 2.20. The third-order valence-electron chi connectivity index (χ3n) is 5.26. The van der Waals surface area contributed by atoms with Crippen molar-refractivity contribution in [3.63, 3.8) is 0 Å². The maximum Gasteiger partial charge on any atom is 0.166 e. The predicted molar refractivity (Wildman–Crippen MR) is 129 cm³/mol. The molecule has 0 saturated heterocycles. The van der Waals surface area contributed by atoms with Crippen LogP contribution in [0.3, 0.4) is 0 Å². The molecule has 0 bridgehead atoms. The number of nitrogens with two attached hydrogens (primary N) is 1. The molecule has 0 aliphatic rings. The van der Waals surface area contributed by atoms with Crippen LogP contribution >= 0.6 is 23.2 Å². The minimum Gasteiger partial charge on any atom is -0.482 e. The molecule has 0 spiro atoms. The summed E-state index contributed by atoms with van der Waals surface area (Å²) in [6.45, 7) is 2.56. The third-order valence-corrected chi connectivity index (χ3v) is 5.97. The molecule has 4 aromatic rings. The van der Waals surface area contributed by atoms with E-state index in [1.807, 2.05) is 38.5 Å². The number of nitrogens with zero attached hydrogens (tertiary/aromatic N) is 2. The molecule has 1 unspecified atom stereocenters. The van der Waals surface area contributed by atoms with Crippen molar-refractivity contribution in [3.05, 3.63) is 75.8 Å². The number of halogens is 3. The summed E-state index contributed by atoms with van der Waals surface area (Å²) in [5, 5.41) is 1.39. The van der Waals surface area contributed by atoms with Crippen LogP contribution in [0.15, 0.2) is 48.8 Å². The normalized spacial score (nSPS) is 12.5. The summed E-state index contributed by atoms with van der Waals surface area (Å²) in [7, 11) is 4.07. The zero-order valence-corrected chi connectivity index (χ0v) is 19.4. The number of nitrogen functional groups attached to an aromatic ring is 1. The van der Waals surface area contributed by atoms with Crippen LogP contribution < -0.4 is 10.5 Å². The van der Waals surface area contributed by atoms with E-state index in [1.165, 1.54) is 17.7 Å². The highest BCUT2D eigenvalue weighted by atomic mass is 35.5. The van der Waals surface area contributed by atoms with E-state index in [1.54, 1.807) is 13.1 Å². The zero-order valence-electron chi connectivity index (χ0n) is 17.9. The van der Waals surface area contributed by atoms with Gasteiger partial charge in [-0.2, -0.15) is 0 Å². The molecule has 8 heteroatoms. The van der Waals surface area contributed by atoms with Crippen molar-refractivity contribution >= 4 is 39.9 Å². The molecule has 166 valence electrons. The van der Waals surface area contributed by atoms with Gasteiger partial charge in [0.05, 0.1) is 5.02 Å². The molecular weight excluding hydrogens is 450 g/mol. The first-order valence-corrected chi connectivity index (χ1v) is 10.8. The van der Waals surface area contributed by atoms with E-state index in [4.69, 9.17) is 33.7 Å². The number of aromatic amines is 1. The number of hydrogen-bond acceptors (Lipinski definition) is 4. The van der Waals surface area contributed by atoms with E-state index < -0.39 is 11.9 Å². The molecule has 5 nitrogen and oxygen atoms in total. The Kier molecular flexibility index (Phi) is 6.29. The lowest BCUT2D eigenvalue weighted by atomic mass is 10.0. The van der Waals surface area contributed by atoms with Crippen molar-refractivity contribution in [2.24, 2.45) is 0 Å². The molecule has 2 aromatic heterocycles. The minimum absolute atomic E-state index is 0.0704. The van der Waals surface area contributed by atoms with Crippen molar-refractivity contribution < 1.29 is 9.13 Å². The molecule has 4 rings (SSSR count). The van der Waals surface area contributed by atoms with Gasteiger partial charge in [0.1, 0.15) is 11.9 Å². The lowest BCUT2D eigenvalue weighted by Crippen LogP contribution is -2.10. The lowest BCUT2D eigenvalue weighted by Gasteiger charge is -2.19. The molecule has 0 saturated carbocycles.